The summed E-state index contributed by atoms with van der Waals surface area (Å²) < 4.78 is 16.0. The highest BCUT2D eigenvalue weighted by atomic mass is 28.4. The van der Waals surface area contributed by atoms with Crippen LogP contribution in [0.3, 0.4) is 0 Å². The van der Waals surface area contributed by atoms with E-state index < -0.39 is 8.80 Å². The van der Waals surface area contributed by atoms with E-state index in [9.17, 15) is 0 Å². The number of nitrogens with zero attached hydrogens (tertiary/aromatic N) is 2. The molecule has 16 heavy (non-hydrogen) atoms. The van der Waals surface area contributed by atoms with Gasteiger partial charge in [-0.1, -0.05) is 0 Å². The fourth-order valence-electron chi connectivity index (χ4n) is 1.49. The van der Waals surface area contributed by atoms with E-state index in [1.807, 2.05) is 0 Å². The van der Waals surface area contributed by atoms with Crippen molar-refractivity contribution in [3.8, 4) is 0 Å². The molecule has 0 spiro atoms. The third kappa shape index (κ3) is 3.76. The van der Waals surface area contributed by atoms with Crippen molar-refractivity contribution < 1.29 is 13.3 Å². The van der Waals surface area contributed by atoms with Gasteiger partial charge in [0.25, 0.3) is 0 Å². The molecule has 0 aromatic rings. The van der Waals surface area contributed by atoms with Gasteiger partial charge >= 0.3 is 8.80 Å². The Bertz CT molecular complexity index is 236. The maximum atomic E-state index is 5.32. The van der Waals surface area contributed by atoms with Gasteiger partial charge in [-0.15, -0.1) is 0 Å². The number of hydrogen-bond acceptors (Lipinski definition) is 6. The highest BCUT2D eigenvalue weighted by Gasteiger charge is 2.36. The molecule has 6 nitrogen and oxygen atoms in total. The predicted molar refractivity (Wildman–Crippen MR) is 65.0 cm³/mol. The van der Waals surface area contributed by atoms with Crippen LogP contribution in [0.2, 0.25) is 6.04 Å². The molecule has 0 unspecified atom stereocenters. The fraction of sp³-hybridized carbons (Fsp3) is 0.778. The zero-order valence-corrected chi connectivity index (χ0v) is 11.0. The molecule has 0 radical (unpaired) electrons. The summed E-state index contributed by atoms with van der Waals surface area (Å²) in [5.41, 5.74) is 0. The van der Waals surface area contributed by atoms with Crippen molar-refractivity contribution in [1.29, 1.82) is 0 Å². The SMILES string of the molecule is CO[Si](CCCNC1C=NN=C1)(OC)OC. The van der Waals surface area contributed by atoms with Gasteiger partial charge in [0.05, 0.1) is 6.04 Å². The molecule has 1 aliphatic heterocycles. The molecule has 0 saturated heterocycles. The quantitative estimate of drug-likeness (QED) is 0.493. The number of rotatable bonds is 8. The largest absolute Gasteiger partial charge is 0.500 e. The van der Waals surface area contributed by atoms with Crippen LogP contribution in [0.5, 0.6) is 0 Å². The first-order valence-corrected chi connectivity index (χ1v) is 7.15. The molecule has 0 bridgehead atoms. The Hall–Kier alpha value is -0.603. The van der Waals surface area contributed by atoms with Crippen LogP contribution in [0.25, 0.3) is 0 Å². The zero-order valence-electron chi connectivity index (χ0n) is 9.97. The van der Waals surface area contributed by atoms with E-state index in [0.717, 1.165) is 19.0 Å². The smallest absolute Gasteiger partial charge is 0.377 e. The van der Waals surface area contributed by atoms with E-state index in [1.165, 1.54) is 0 Å². The van der Waals surface area contributed by atoms with Gasteiger partial charge in [-0.05, 0) is 13.0 Å². The Labute approximate surface area is 97.1 Å². The molecular formula is C9H19N3O3Si. The van der Waals surface area contributed by atoms with E-state index in [-0.39, 0.29) is 6.04 Å². The monoisotopic (exact) mass is 245 g/mol. The van der Waals surface area contributed by atoms with Crippen LogP contribution in [0.15, 0.2) is 10.2 Å². The summed E-state index contributed by atoms with van der Waals surface area (Å²) in [4.78, 5) is 0. The van der Waals surface area contributed by atoms with Gasteiger partial charge in [-0.25, -0.2) is 0 Å². The predicted octanol–water partition coefficient (Wildman–Crippen LogP) is 0.283. The summed E-state index contributed by atoms with van der Waals surface area (Å²) in [5, 5.41) is 10.8. The summed E-state index contributed by atoms with van der Waals surface area (Å²) in [6.07, 6.45) is 4.47. The first-order valence-electron chi connectivity index (χ1n) is 5.22. The lowest BCUT2D eigenvalue weighted by molar-refractivity contribution is 0.123. The standard InChI is InChI=1S/C9H19N3O3Si/c1-13-16(14-2,15-3)6-4-5-10-9-7-11-12-8-9/h7-10H,4-6H2,1-3H3. The maximum Gasteiger partial charge on any atom is 0.500 e. The molecule has 0 saturated carbocycles. The molecular weight excluding hydrogens is 226 g/mol. The van der Waals surface area contributed by atoms with Crippen LogP contribution in [0.4, 0.5) is 0 Å². The lowest BCUT2D eigenvalue weighted by Gasteiger charge is -2.24. The van der Waals surface area contributed by atoms with Crippen LogP contribution in [0, 0.1) is 0 Å². The Kier molecular flexibility index (Phi) is 5.78. The minimum atomic E-state index is -2.40. The first-order chi connectivity index (χ1) is 7.76. The van der Waals surface area contributed by atoms with E-state index >= 15 is 0 Å². The first kappa shape index (κ1) is 13.5. The van der Waals surface area contributed by atoms with Gasteiger partial charge in [0.15, 0.2) is 0 Å². The van der Waals surface area contributed by atoms with Crippen LogP contribution in [-0.2, 0) is 13.3 Å². The molecule has 7 heteroatoms. The Morgan fingerprint density at radius 1 is 1.12 bits per heavy atom. The fourth-order valence-corrected chi connectivity index (χ4v) is 3.22. The molecule has 92 valence electrons. The summed E-state index contributed by atoms with van der Waals surface area (Å²) in [7, 11) is 2.48. The average Bonchev–Trinajstić information content (AvgIpc) is 2.83. The van der Waals surface area contributed by atoms with Gasteiger partial charge in [0.2, 0.25) is 0 Å². The van der Waals surface area contributed by atoms with Gasteiger partial charge < -0.3 is 18.6 Å². The molecule has 1 aliphatic rings. The average molecular weight is 245 g/mol. The van der Waals surface area contributed by atoms with Crippen molar-refractivity contribution in [2.45, 2.75) is 18.5 Å². The maximum absolute atomic E-state index is 5.32. The summed E-state index contributed by atoms with van der Waals surface area (Å²) in [6, 6.07) is 0.952. The normalized spacial score (nSPS) is 16.2. The zero-order chi connectivity index (χ0) is 11.9. The van der Waals surface area contributed by atoms with Crippen molar-refractivity contribution in [1.82, 2.24) is 5.32 Å². The van der Waals surface area contributed by atoms with Crippen molar-refractivity contribution in [2.75, 3.05) is 27.9 Å². The van der Waals surface area contributed by atoms with Crippen molar-refractivity contribution in [2.24, 2.45) is 10.2 Å². The van der Waals surface area contributed by atoms with Crippen LogP contribution < -0.4 is 5.32 Å². The van der Waals surface area contributed by atoms with Crippen LogP contribution >= 0.6 is 0 Å². The van der Waals surface area contributed by atoms with Gasteiger partial charge in [-0.3, -0.25) is 0 Å². The molecule has 0 aromatic carbocycles. The van der Waals surface area contributed by atoms with Crippen molar-refractivity contribution in [3.63, 3.8) is 0 Å². The van der Waals surface area contributed by atoms with Crippen LogP contribution in [-0.4, -0.2) is 55.1 Å². The van der Waals surface area contributed by atoms with Crippen molar-refractivity contribution >= 4 is 21.2 Å². The molecule has 0 atom stereocenters. The molecule has 0 fully saturated rings. The second kappa shape index (κ2) is 6.87. The molecule has 0 aliphatic carbocycles. The van der Waals surface area contributed by atoms with Gasteiger partial charge in [-0.2, -0.15) is 10.2 Å². The third-order valence-corrected chi connectivity index (χ3v) is 5.33. The molecule has 1 rings (SSSR count). The van der Waals surface area contributed by atoms with Gasteiger partial charge in [0, 0.05) is 39.8 Å². The topological polar surface area (TPSA) is 64.4 Å². The van der Waals surface area contributed by atoms with E-state index in [0.29, 0.717) is 0 Å². The lowest BCUT2D eigenvalue weighted by Crippen LogP contribution is -2.43. The highest BCUT2D eigenvalue weighted by molar-refractivity contribution is 6.60. The molecule has 0 aromatic heterocycles. The Morgan fingerprint density at radius 2 is 1.69 bits per heavy atom. The van der Waals surface area contributed by atoms with E-state index in [1.54, 1.807) is 33.8 Å². The van der Waals surface area contributed by atoms with E-state index in [4.69, 9.17) is 13.3 Å². The Balaban J connectivity index is 2.17. The lowest BCUT2D eigenvalue weighted by atomic mass is 10.3. The summed E-state index contributed by atoms with van der Waals surface area (Å²) in [5.74, 6) is 0. The minimum Gasteiger partial charge on any atom is -0.377 e. The van der Waals surface area contributed by atoms with Gasteiger partial charge in [0.1, 0.15) is 0 Å². The molecule has 1 N–H and O–H groups in total. The molecule has 1 heterocycles. The highest BCUT2D eigenvalue weighted by Crippen LogP contribution is 2.14. The summed E-state index contributed by atoms with van der Waals surface area (Å²) >= 11 is 0. The number of nitrogens with one attached hydrogen (secondary N) is 1. The van der Waals surface area contributed by atoms with Crippen molar-refractivity contribution in [3.05, 3.63) is 0 Å². The Morgan fingerprint density at radius 3 is 2.19 bits per heavy atom. The second-order valence-electron chi connectivity index (χ2n) is 3.41. The second-order valence-corrected chi connectivity index (χ2v) is 6.50. The minimum absolute atomic E-state index is 0.156. The summed E-state index contributed by atoms with van der Waals surface area (Å²) in [6.45, 7) is 0.855. The van der Waals surface area contributed by atoms with E-state index in [2.05, 4.69) is 15.5 Å². The number of hydrogen-bond donors (Lipinski definition) is 1. The molecule has 0 amide bonds. The van der Waals surface area contributed by atoms with Crippen LogP contribution in [0.1, 0.15) is 6.42 Å². The third-order valence-electron chi connectivity index (χ3n) is 2.49.